The number of rotatable bonds is 3. The third kappa shape index (κ3) is 2.88. The van der Waals surface area contributed by atoms with Crippen molar-refractivity contribution in [3.05, 3.63) is 23.2 Å². The molecule has 1 aromatic carbocycles. The molecule has 0 saturated carbocycles. The zero-order valence-electron chi connectivity index (χ0n) is 11.1. The highest BCUT2D eigenvalue weighted by Crippen LogP contribution is 2.31. The van der Waals surface area contributed by atoms with E-state index in [-0.39, 0.29) is 5.91 Å². The monoisotopic (exact) mass is 309 g/mol. The second-order valence-electron chi connectivity index (χ2n) is 4.90. The third-order valence-corrected chi connectivity index (χ3v) is 4.96. The highest BCUT2D eigenvalue weighted by molar-refractivity contribution is 7.22. The Kier molecular flexibility index (Phi) is 4.08. The molecule has 1 aromatic heterocycles. The van der Waals surface area contributed by atoms with E-state index in [4.69, 9.17) is 11.6 Å². The Morgan fingerprint density at radius 3 is 2.90 bits per heavy atom. The predicted octanol–water partition coefficient (Wildman–Crippen LogP) is 3.37. The second kappa shape index (κ2) is 5.97. The lowest BCUT2D eigenvalue weighted by Gasteiger charge is -2.26. The van der Waals surface area contributed by atoms with Crippen molar-refractivity contribution in [3.8, 4) is 0 Å². The molecule has 4 nitrogen and oxygen atoms in total. The van der Waals surface area contributed by atoms with E-state index in [9.17, 15) is 4.79 Å². The van der Waals surface area contributed by atoms with Gasteiger partial charge in [0.05, 0.1) is 21.8 Å². The maximum atomic E-state index is 12.1. The number of amides is 1. The Morgan fingerprint density at radius 2 is 2.15 bits per heavy atom. The molecule has 106 valence electrons. The number of carbonyl (C=O) groups excluding carboxylic acids is 1. The molecule has 1 saturated heterocycles. The number of hydrogen-bond acceptors (Lipinski definition) is 4. The second-order valence-corrected chi connectivity index (χ2v) is 6.31. The summed E-state index contributed by atoms with van der Waals surface area (Å²) in [6, 6.07) is 5.66. The Bertz CT molecular complexity index is 622. The van der Waals surface area contributed by atoms with Gasteiger partial charge >= 0.3 is 0 Å². The molecule has 1 aliphatic heterocycles. The number of benzene rings is 1. The van der Waals surface area contributed by atoms with Crippen molar-refractivity contribution < 1.29 is 4.79 Å². The molecule has 2 heterocycles. The Balaban J connectivity index is 1.64. The minimum Gasteiger partial charge on any atom is -0.352 e. The van der Waals surface area contributed by atoms with Crippen LogP contribution < -0.4 is 5.32 Å². The van der Waals surface area contributed by atoms with E-state index in [1.807, 2.05) is 23.1 Å². The lowest BCUT2D eigenvalue weighted by Crippen LogP contribution is -2.39. The number of hydrogen-bond donors (Lipinski definition) is 1. The van der Waals surface area contributed by atoms with Gasteiger partial charge in [0, 0.05) is 13.1 Å². The molecule has 1 aliphatic rings. The molecule has 1 amide bonds. The number of piperidine rings is 1. The van der Waals surface area contributed by atoms with Crippen LogP contribution in [-0.2, 0) is 4.79 Å². The van der Waals surface area contributed by atoms with Gasteiger partial charge in [-0.2, -0.15) is 0 Å². The summed E-state index contributed by atoms with van der Waals surface area (Å²) >= 11 is 7.61. The first-order valence-corrected chi connectivity index (χ1v) is 8.00. The zero-order chi connectivity index (χ0) is 13.9. The molecule has 3 rings (SSSR count). The summed E-state index contributed by atoms with van der Waals surface area (Å²) in [5.74, 6) is 0.148. The number of fused-ring (bicyclic) bond motifs is 1. The van der Waals surface area contributed by atoms with E-state index in [0.717, 1.165) is 41.3 Å². The van der Waals surface area contributed by atoms with Gasteiger partial charge < -0.3 is 10.2 Å². The number of carbonyl (C=O) groups is 1. The van der Waals surface area contributed by atoms with Crippen LogP contribution in [0.3, 0.4) is 0 Å². The molecule has 1 N–H and O–H groups in total. The van der Waals surface area contributed by atoms with Gasteiger partial charge in [-0.3, -0.25) is 4.79 Å². The molecule has 2 aromatic rings. The highest BCUT2D eigenvalue weighted by atomic mass is 35.5. The Labute approximate surface area is 126 Å². The van der Waals surface area contributed by atoms with Crippen LogP contribution in [0.15, 0.2) is 18.2 Å². The molecule has 0 bridgehead atoms. The molecule has 20 heavy (non-hydrogen) atoms. The summed E-state index contributed by atoms with van der Waals surface area (Å²) in [4.78, 5) is 18.4. The number of thiazole rings is 1. The van der Waals surface area contributed by atoms with E-state index in [0.29, 0.717) is 11.6 Å². The minimum atomic E-state index is 0.148. The van der Waals surface area contributed by atoms with Gasteiger partial charge in [0.25, 0.3) is 0 Å². The van der Waals surface area contributed by atoms with Gasteiger partial charge in [-0.25, -0.2) is 4.98 Å². The molecule has 0 unspecified atom stereocenters. The van der Waals surface area contributed by atoms with E-state index < -0.39 is 0 Å². The minimum absolute atomic E-state index is 0.148. The van der Waals surface area contributed by atoms with Gasteiger partial charge in [-0.05, 0) is 31.4 Å². The topological polar surface area (TPSA) is 45.2 Å². The van der Waals surface area contributed by atoms with Crippen molar-refractivity contribution in [2.24, 2.45) is 0 Å². The highest BCUT2D eigenvalue weighted by Gasteiger charge is 2.16. The summed E-state index contributed by atoms with van der Waals surface area (Å²) in [6.45, 7) is 2.07. The smallest absolute Gasteiger partial charge is 0.241 e. The van der Waals surface area contributed by atoms with Crippen molar-refractivity contribution in [1.82, 2.24) is 9.88 Å². The summed E-state index contributed by atoms with van der Waals surface area (Å²) in [6.07, 6.45) is 3.46. The zero-order valence-corrected chi connectivity index (χ0v) is 12.6. The first-order valence-electron chi connectivity index (χ1n) is 6.81. The average molecular weight is 310 g/mol. The van der Waals surface area contributed by atoms with Crippen LogP contribution in [0.25, 0.3) is 10.2 Å². The first kappa shape index (κ1) is 13.6. The van der Waals surface area contributed by atoms with Crippen LogP contribution >= 0.6 is 22.9 Å². The number of aromatic nitrogens is 1. The lowest BCUT2D eigenvalue weighted by atomic mass is 10.1. The van der Waals surface area contributed by atoms with E-state index in [1.165, 1.54) is 17.8 Å². The van der Waals surface area contributed by atoms with Gasteiger partial charge in [0.1, 0.15) is 0 Å². The molecule has 0 atom stereocenters. The number of halogens is 1. The third-order valence-electron chi connectivity index (χ3n) is 3.47. The van der Waals surface area contributed by atoms with Gasteiger partial charge in [0.15, 0.2) is 5.13 Å². The lowest BCUT2D eigenvalue weighted by molar-refractivity contribution is -0.130. The number of likely N-dealkylation sites (tertiary alicyclic amines) is 1. The van der Waals surface area contributed by atoms with Crippen molar-refractivity contribution in [3.63, 3.8) is 0 Å². The fraction of sp³-hybridized carbons (Fsp3) is 0.429. The fourth-order valence-electron chi connectivity index (χ4n) is 2.40. The molecular formula is C14H16ClN3OS. The normalized spacial score (nSPS) is 15.6. The van der Waals surface area contributed by atoms with Gasteiger partial charge in [-0.15, -0.1) is 0 Å². The predicted molar refractivity (Wildman–Crippen MR) is 83.6 cm³/mol. The summed E-state index contributed by atoms with van der Waals surface area (Å²) in [5, 5.41) is 4.57. The van der Waals surface area contributed by atoms with E-state index in [2.05, 4.69) is 10.3 Å². The maximum Gasteiger partial charge on any atom is 0.241 e. The number of anilines is 1. The maximum absolute atomic E-state index is 12.1. The molecule has 6 heteroatoms. The van der Waals surface area contributed by atoms with Gasteiger partial charge in [-0.1, -0.05) is 29.0 Å². The molecule has 0 spiro atoms. The molecule has 0 aliphatic carbocycles. The van der Waals surface area contributed by atoms with Crippen LogP contribution in [0.1, 0.15) is 19.3 Å². The summed E-state index contributed by atoms with van der Waals surface area (Å²) < 4.78 is 0.960. The van der Waals surface area contributed by atoms with Gasteiger partial charge in [0.2, 0.25) is 5.91 Å². The fourth-order valence-corrected chi connectivity index (χ4v) is 3.55. The Hall–Kier alpha value is -1.33. The van der Waals surface area contributed by atoms with Crippen LogP contribution in [0.5, 0.6) is 0 Å². The molecule has 1 fully saturated rings. The van der Waals surface area contributed by atoms with E-state index in [1.54, 1.807) is 0 Å². The molecular weight excluding hydrogens is 294 g/mol. The van der Waals surface area contributed by atoms with Crippen molar-refractivity contribution in [2.75, 3.05) is 25.0 Å². The number of nitrogens with one attached hydrogen (secondary N) is 1. The van der Waals surface area contributed by atoms with Crippen molar-refractivity contribution in [1.29, 1.82) is 0 Å². The van der Waals surface area contributed by atoms with Crippen LogP contribution in [0.2, 0.25) is 5.02 Å². The Morgan fingerprint density at radius 1 is 1.35 bits per heavy atom. The van der Waals surface area contributed by atoms with Crippen molar-refractivity contribution >= 4 is 44.2 Å². The quantitative estimate of drug-likeness (QED) is 0.945. The first-order chi connectivity index (χ1) is 9.74. The van der Waals surface area contributed by atoms with E-state index >= 15 is 0 Å². The average Bonchev–Trinajstić information content (AvgIpc) is 2.90. The SMILES string of the molecule is O=C(CNc1nc2cccc(Cl)c2s1)N1CCCCC1. The summed E-state index contributed by atoms with van der Waals surface area (Å²) in [7, 11) is 0. The van der Waals surface area contributed by atoms with Crippen molar-refractivity contribution in [2.45, 2.75) is 19.3 Å². The standard InChI is InChI=1S/C14H16ClN3OS/c15-10-5-4-6-11-13(10)20-14(17-11)16-9-12(19)18-7-2-1-3-8-18/h4-6H,1-3,7-9H2,(H,16,17). The van der Waals surface area contributed by atoms with Crippen LogP contribution in [0, 0.1) is 0 Å². The van der Waals surface area contributed by atoms with Crippen LogP contribution in [-0.4, -0.2) is 35.4 Å². The summed E-state index contributed by atoms with van der Waals surface area (Å²) in [5.41, 5.74) is 0.871. The molecule has 0 radical (unpaired) electrons. The van der Waals surface area contributed by atoms with Crippen LogP contribution in [0.4, 0.5) is 5.13 Å². The largest absolute Gasteiger partial charge is 0.352 e. The number of nitrogens with zero attached hydrogens (tertiary/aromatic N) is 2.